The third-order valence-corrected chi connectivity index (χ3v) is 2.92. The smallest absolute Gasteiger partial charge is 0.00580 e. The molecule has 0 aliphatic rings. The van der Waals surface area contributed by atoms with Gasteiger partial charge in [0.15, 0.2) is 0 Å². The summed E-state index contributed by atoms with van der Waals surface area (Å²) in [7, 11) is 4.24. The molecule has 0 aromatic rings. The van der Waals surface area contributed by atoms with Crippen molar-refractivity contribution in [2.75, 3.05) is 45.2 Å². The van der Waals surface area contributed by atoms with Crippen LogP contribution in [0, 0.1) is 0 Å². The first kappa shape index (κ1) is 13.3. The molecule has 0 rings (SSSR count). The standard InChI is InChI=1S/C10H24N2S/c1-4-9-13-10-7-11-6-5-8-12(2)3/h11H,4-10H2,1-3H3. The fourth-order valence-corrected chi connectivity index (χ4v) is 1.82. The van der Waals surface area contributed by atoms with Crippen LogP contribution in [0.4, 0.5) is 0 Å². The molecule has 0 saturated carbocycles. The van der Waals surface area contributed by atoms with Crippen LogP contribution in [0.3, 0.4) is 0 Å². The van der Waals surface area contributed by atoms with Gasteiger partial charge in [-0.2, -0.15) is 11.8 Å². The molecule has 0 unspecified atom stereocenters. The molecule has 0 heterocycles. The van der Waals surface area contributed by atoms with Crippen LogP contribution >= 0.6 is 11.8 Å². The van der Waals surface area contributed by atoms with Crippen molar-refractivity contribution in [3.63, 3.8) is 0 Å². The molecule has 13 heavy (non-hydrogen) atoms. The van der Waals surface area contributed by atoms with Gasteiger partial charge in [0, 0.05) is 12.3 Å². The Bertz CT molecular complexity index is 96.9. The molecule has 0 saturated heterocycles. The Hall–Kier alpha value is 0.270. The molecule has 0 bridgehead atoms. The van der Waals surface area contributed by atoms with Gasteiger partial charge in [0.1, 0.15) is 0 Å². The summed E-state index contributed by atoms with van der Waals surface area (Å²) in [4.78, 5) is 2.23. The maximum atomic E-state index is 3.45. The van der Waals surface area contributed by atoms with Gasteiger partial charge in [-0.3, -0.25) is 0 Å². The van der Waals surface area contributed by atoms with Crippen molar-refractivity contribution in [2.24, 2.45) is 0 Å². The van der Waals surface area contributed by atoms with Crippen LogP contribution in [-0.4, -0.2) is 50.1 Å². The molecule has 1 N–H and O–H groups in total. The highest BCUT2D eigenvalue weighted by Crippen LogP contribution is 1.99. The Morgan fingerprint density at radius 2 is 1.92 bits per heavy atom. The van der Waals surface area contributed by atoms with E-state index in [1.165, 1.54) is 30.9 Å². The van der Waals surface area contributed by atoms with Gasteiger partial charge in [-0.25, -0.2) is 0 Å². The monoisotopic (exact) mass is 204 g/mol. The lowest BCUT2D eigenvalue weighted by molar-refractivity contribution is 0.396. The second kappa shape index (κ2) is 10.4. The van der Waals surface area contributed by atoms with Crippen LogP contribution in [0.5, 0.6) is 0 Å². The third-order valence-electron chi connectivity index (χ3n) is 1.73. The van der Waals surface area contributed by atoms with Crippen LogP contribution in [-0.2, 0) is 0 Å². The van der Waals surface area contributed by atoms with E-state index < -0.39 is 0 Å². The molecular weight excluding hydrogens is 180 g/mol. The minimum absolute atomic E-state index is 1.16. The maximum absolute atomic E-state index is 3.45. The number of rotatable bonds is 9. The Morgan fingerprint density at radius 3 is 2.54 bits per heavy atom. The highest BCUT2D eigenvalue weighted by Gasteiger charge is 1.90. The van der Waals surface area contributed by atoms with Gasteiger partial charge in [0.25, 0.3) is 0 Å². The van der Waals surface area contributed by atoms with Gasteiger partial charge in [-0.15, -0.1) is 0 Å². The first-order valence-corrected chi connectivity index (χ1v) is 6.36. The second-order valence-corrected chi connectivity index (χ2v) is 4.74. The predicted octanol–water partition coefficient (Wildman–Crippen LogP) is 1.67. The van der Waals surface area contributed by atoms with Crippen molar-refractivity contribution in [3.8, 4) is 0 Å². The summed E-state index contributed by atoms with van der Waals surface area (Å²) < 4.78 is 0. The molecule has 3 heteroatoms. The molecule has 0 atom stereocenters. The van der Waals surface area contributed by atoms with Crippen LogP contribution in [0.2, 0.25) is 0 Å². The summed E-state index contributed by atoms with van der Waals surface area (Å²) >= 11 is 2.04. The number of thioether (sulfide) groups is 1. The minimum Gasteiger partial charge on any atom is -0.316 e. The number of nitrogens with one attached hydrogen (secondary N) is 1. The summed E-state index contributed by atoms with van der Waals surface area (Å²) in [6, 6.07) is 0. The van der Waals surface area contributed by atoms with Crippen molar-refractivity contribution in [1.29, 1.82) is 0 Å². The minimum atomic E-state index is 1.16. The van der Waals surface area contributed by atoms with Crippen molar-refractivity contribution in [2.45, 2.75) is 19.8 Å². The molecule has 0 aromatic carbocycles. The summed E-state index contributed by atoms with van der Waals surface area (Å²) in [5.41, 5.74) is 0. The van der Waals surface area contributed by atoms with Gasteiger partial charge in [0.05, 0.1) is 0 Å². The van der Waals surface area contributed by atoms with Crippen molar-refractivity contribution in [3.05, 3.63) is 0 Å². The zero-order valence-electron chi connectivity index (χ0n) is 9.31. The molecule has 0 aromatic heterocycles. The molecule has 0 aliphatic carbocycles. The van der Waals surface area contributed by atoms with E-state index in [-0.39, 0.29) is 0 Å². The lowest BCUT2D eigenvalue weighted by atomic mass is 10.4. The normalized spacial score (nSPS) is 11.1. The molecule has 0 amide bonds. The van der Waals surface area contributed by atoms with E-state index in [1.807, 2.05) is 11.8 Å². The Labute approximate surface area is 87.5 Å². The highest BCUT2D eigenvalue weighted by atomic mass is 32.2. The fraction of sp³-hybridized carbons (Fsp3) is 1.00. The van der Waals surface area contributed by atoms with E-state index in [0.717, 1.165) is 13.1 Å². The predicted molar refractivity (Wildman–Crippen MR) is 63.7 cm³/mol. The molecule has 80 valence electrons. The van der Waals surface area contributed by atoms with E-state index in [2.05, 4.69) is 31.2 Å². The number of nitrogens with zero attached hydrogens (tertiary/aromatic N) is 1. The van der Waals surface area contributed by atoms with Gasteiger partial charge in [-0.05, 0) is 45.8 Å². The number of hydrogen-bond donors (Lipinski definition) is 1. The van der Waals surface area contributed by atoms with E-state index in [9.17, 15) is 0 Å². The quantitative estimate of drug-likeness (QED) is 0.575. The lowest BCUT2D eigenvalue weighted by Crippen LogP contribution is -2.23. The molecule has 2 nitrogen and oxygen atoms in total. The van der Waals surface area contributed by atoms with E-state index in [0.29, 0.717) is 0 Å². The summed E-state index contributed by atoms with van der Waals surface area (Å²) in [6.45, 7) is 5.75. The van der Waals surface area contributed by atoms with Crippen LogP contribution in [0.15, 0.2) is 0 Å². The average Bonchev–Trinajstić information content (AvgIpc) is 2.09. The molecular formula is C10H24N2S. The SMILES string of the molecule is CCCSCCNCCCN(C)C. The molecule has 0 aliphatic heterocycles. The van der Waals surface area contributed by atoms with Crippen molar-refractivity contribution >= 4 is 11.8 Å². The number of hydrogen-bond acceptors (Lipinski definition) is 3. The first-order valence-electron chi connectivity index (χ1n) is 5.20. The summed E-state index contributed by atoms with van der Waals surface area (Å²) in [5.74, 6) is 2.56. The van der Waals surface area contributed by atoms with E-state index >= 15 is 0 Å². The molecule has 0 fully saturated rings. The van der Waals surface area contributed by atoms with Crippen molar-refractivity contribution < 1.29 is 0 Å². The lowest BCUT2D eigenvalue weighted by Gasteiger charge is -2.09. The molecule has 0 spiro atoms. The van der Waals surface area contributed by atoms with Gasteiger partial charge in [-0.1, -0.05) is 6.92 Å². The van der Waals surface area contributed by atoms with Gasteiger partial charge < -0.3 is 10.2 Å². The Morgan fingerprint density at radius 1 is 1.15 bits per heavy atom. The summed E-state index contributed by atoms with van der Waals surface area (Å²) in [5, 5.41) is 3.45. The average molecular weight is 204 g/mol. The molecule has 0 radical (unpaired) electrons. The maximum Gasteiger partial charge on any atom is 0.00580 e. The van der Waals surface area contributed by atoms with E-state index in [1.54, 1.807) is 0 Å². The first-order chi connectivity index (χ1) is 6.27. The Kier molecular flexibility index (Phi) is 10.6. The fourth-order valence-electron chi connectivity index (χ4n) is 1.04. The van der Waals surface area contributed by atoms with E-state index in [4.69, 9.17) is 0 Å². The Balaban J connectivity index is 2.84. The third kappa shape index (κ3) is 12.3. The highest BCUT2D eigenvalue weighted by molar-refractivity contribution is 7.99. The largest absolute Gasteiger partial charge is 0.316 e. The second-order valence-electron chi connectivity index (χ2n) is 3.52. The van der Waals surface area contributed by atoms with Crippen LogP contribution in [0.25, 0.3) is 0 Å². The van der Waals surface area contributed by atoms with Gasteiger partial charge in [0.2, 0.25) is 0 Å². The van der Waals surface area contributed by atoms with Gasteiger partial charge >= 0.3 is 0 Å². The zero-order valence-corrected chi connectivity index (χ0v) is 10.1. The van der Waals surface area contributed by atoms with Crippen LogP contribution < -0.4 is 5.32 Å². The topological polar surface area (TPSA) is 15.3 Å². The summed E-state index contributed by atoms with van der Waals surface area (Å²) in [6.07, 6.45) is 2.55. The van der Waals surface area contributed by atoms with Crippen LogP contribution in [0.1, 0.15) is 19.8 Å². The zero-order chi connectivity index (χ0) is 9.94. The van der Waals surface area contributed by atoms with Crippen molar-refractivity contribution in [1.82, 2.24) is 10.2 Å².